The van der Waals surface area contributed by atoms with Crippen molar-refractivity contribution in [3.63, 3.8) is 0 Å². The molecule has 0 saturated heterocycles. The van der Waals surface area contributed by atoms with Crippen molar-refractivity contribution in [2.24, 2.45) is 0 Å². The van der Waals surface area contributed by atoms with Gasteiger partial charge in [-0.25, -0.2) is 0 Å². The maximum absolute atomic E-state index is 7.04. The van der Waals surface area contributed by atoms with E-state index in [-0.39, 0.29) is 0 Å². The number of nitrogens with zero attached hydrogens (tertiary/aromatic N) is 2. The SMILES string of the molecule is c1ccc2c(c1)-c1ccccc1C21c2ccccc2-c2c(N(c3ccc(-c4ccc(-n5c6ccccc6c6ccccc65)cc4)cc3)c3cc4ccccc4c4c3oc3ccccc34)cccc21. The Labute approximate surface area is 393 Å². The highest BCUT2D eigenvalue weighted by molar-refractivity contribution is 6.23. The van der Waals surface area contributed by atoms with E-state index >= 15 is 0 Å². The van der Waals surface area contributed by atoms with Gasteiger partial charge in [-0.15, -0.1) is 0 Å². The zero-order valence-corrected chi connectivity index (χ0v) is 36.9. The van der Waals surface area contributed by atoms with Crippen molar-refractivity contribution in [1.29, 1.82) is 0 Å². The summed E-state index contributed by atoms with van der Waals surface area (Å²) in [7, 11) is 0. The Morgan fingerprint density at radius 1 is 0.382 bits per heavy atom. The summed E-state index contributed by atoms with van der Waals surface area (Å²) in [5.41, 5.74) is 20.6. The average molecular weight is 865 g/mol. The second-order valence-corrected chi connectivity index (χ2v) is 18.3. The molecule has 0 unspecified atom stereocenters. The van der Waals surface area contributed by atoms with Crippen molar-refractivity contribution >= 4 is 71.6 Å². The number of hydrogen-bond acceptors (Lipinski definition) is 2. The van der Waals surface area contributed by atoms with E-state index in [1.54, 1.807) is 0 Å². The van der Waals surface area contributed by atoms with Crippen LogP contribution in [0.4, 0.5) is 17.1 Å². The van der Waals surface area contributed by atoms with Gasteiger partial charge < -0.3 is 13.9 Å². The first-order valence-corrected chi connectivity index (χ1v) is 23.5. The van der Waals surface area contributed by atoms with Crippen LogP contribution in [-0.4, -0.2) is 4.57 Å². The number of para-hydroxylation sites is 3. The molecule has 2 aliphatic carbocycles. The molecule has 3 nitrogen and oxygen atoms in total. The monoisotopic (exact) mass is 864 g/mol. The van der Waals surface area contributed by atoms with Crippen LogP contribution in [0.5, 0.6) is 0 Å². The van der Waals surface area contributed by atoms with E-state index in [2.05, 4.69) is 252 Å². The normalized spacial score (nSPS) is 13.1. The molecule has 15 rings (SSSR count). The van der Waals surface area contributed by atoms with Gasteiger partial charge >= 0.3 is 0 Å². The predicted molar refractivity (Wildman–Crippen MR) is 282 cm³/mol. The van der Waals surface area contributed by atoms with E-state index in [1.165, 1.54) is 71.7 Å². The summed E-state index contributed by atoms with van der Waals surface area (Å²) in [5, 5.41) is 7.11. The lowest BCUT2D eigenvalue weighted by atomic mass is 9.70. The molecule has 13 aromatic rings. The van der Waals surface area contributed by atoms with Crippen LogP contribution in [0, 0.1) is 0 Å². The van der Waals surface area contributed by atoms with Crippen LogP contribution < -0.4 is 4.90 Å². The third-order valence-corrected chi connectivity index (χ3v) is 15.0. The molecule has 0 saturated carbocycles. The second-order valence-electron chi connectivity index (χ2n) is 18.3. The molecular formula is C65H40N2O. The lowest BCUT2D eigenvalue weighted by Gasteiger charge is -2.32. The molecular weight excluding hydrogens is 825 g/mol. The molecule has 0 N–H and O–H groups in total. The number of furan rings is 1. The van der Waals surface area contributed by atoms with Crippen LogP contribution in [0.3, 0.4) is 0 Å². The topological polar surface area (TPSA) is 21.3 Å². The highest BCUT2D eigenvalue weighted by Crippen LogP contribution is 2.65. The molecule has 2 heterocycles. The van der Waals surface area contributed by atoms with Crippen LogP contribution >= 0.6 is 0 Å². The quantitative estimate of drug-likeness (QED) is 0.172. The molecule has 2 aliphatic rings. The molecule has 0 fully saturated rings. The van der Waals surface area contributed by atoms with Crippen LogP contribution in [0.15, 0.2) is 247 Å². The van der Waals surface area contributed by atoms with Gasteiger partial charge in [-0.05, 0) is 115 Å². The summed E-state index contributed by atoms with van der Waals surface area (Å²) >= 11 is 0. The molecule has 3 heteroatoms. The number of fused-ring (bicyclic) bond motifs is 18. The maximum atomic E-state index is 7.04. The minimum Gasteiger partial charge on any atom is -0.454 e. The fourth-order valence-corrected chi connectivity index (χ4v) is 12.2. The summed E-state index contributed by atoms with van der Waals surface area (Å²) in [6.07, 6.45) is 0. The Morgan fingerprint density at radius 3 is 1.57 bits per heavy atom. The Balaban J connectivity index is 0.951. The smallest absolute Gasteiger partial charge is 0.160 e. The fourth-order valence-electron chi connectivity index (χ4n) is 12.2. The van der Waals surface area contributed by atoms with Crippen molar-refractivity contribution < 1.29 is 4.42 Å². The van der Waals surface area contributed by atoms with Crippen LogP contribution in [0.2, 0.25) is 0 Å². The van der Waals surface area contributed by atoms with Crippen LogP contribution in [-0.2, 0) is 5.41 Å². The average Bonchev–Trinajstić information content (AvgIpc) is 4.14. The molecule has 68 heavy (non-hydrogen) atoms. The first-order valence-electron chi connectivity index (χ1n) is 23.5. The van der Waals surface area contributed by atoms with Gasteiger partial charge in [-0.1, -0.05) is 188 Å². The maximum Gasteiger partial charge on any atom is 0.160 e. The predicted octanol–water partition coefficient (Wildman–Crippen LogP) is 17.3. The third-order valence-electron chi connectivity index (χ3n) is 15.0. The van der Waals surface area contributed by atoms with Gasteiger partial charge in [0, 0.05) is 38.5 Å². The van der Waals surface area contributed by atoms with E-state index in [1.807, 2.05) is 0 Å². The zero-order valence-electron chi connectivity index (χ0n) is 36.9. The third kappa shape index (κ3) is 4.97. The highest BCUT2D eigenvalue weighted by Gasteiger charge is 2.52. The van der Waals surface area contributed by atoms with E-state index in [0.29, 0.717) is 0 Å². The van der Waals surface area contributed by atoms with Gasteiger partial charge in [0.2, 0.25) is 0 Å². The lowest BCUT2D eigenvalue weighted by Crippen LogP contribution is -2.26. The lowest BCUT2D eigenvalue weighted by molar-refractivity contribution is 0.669. The fraction of sp³-hybridized carbons (Fsp3) is 0.0154. The first-order chi connectivity index (χ1) is 33.8. The summed E-state index contributed by atoms with van der Waals surface area (Å²) < 4.78 is 9.41. The van der Waals surface area contributed by atoms with E-state index < -0.39 is 5.41 Å². The summed E-state index contributed by atoms with van der Waals surface area (Å²) in [6, 6.07) is 89.1. The van der Waals surface area contributed by atoms with Crippen molar-refractivity contribution in [1.82, 2.24) is 4.57 Å². The van der Waals surface area contributed by atoms with Crippen molar-refractivity contribution in [3.8, 4) is 39.1 Å². The molecule has 1 spiro atoms. The van der Waals surface area contributed by atoms with Gasteiger partial charge in [0.15, 0.2) is 5.58 Å². The summed E-state index contributed by atoms with van der Waals surface area (Å²) in [4.78, 5) is 2.47. The van der Waals surface area contributed by atoms with Gasteiger partial charge in [0.05, 0.1) is 27.8 Å². The number of hydrogen-bond donors (Lipinski definition) is 0. The Morgan fingerprint density at radius 2 is 0.897 bits per heavy atom. The number of benzene rings is 11. The minimum atomic E-state index is -0.478. The molecule has 0 aliphatic heterocycles. The highest BCUT2D eigenvalue weighted by atomic mass is 16.3. The molecule has 0 atom stereocenters. The standard InChI is InChI=1S/C65H40N2O/c1-2-17-46-43(16-1)40-60(64-62(46)52-23-8-14-31-61(52)68-64)67(45-38-34-42(35-39-45)41-32-36-44(37-33-41)66-57-28-12-6-20-49(57)50-21-7-13-29-58(50)66)59-30-15-27-56-63(59)51-22-5-11-26-55(51)65(56)53-24-9-3-18-47(53)48-19-4-10-25-54(48)65/h1-40H. The van der Waals surface area contributed by atoms with Gasteiger partial charge in [0.1, 0.15) is 5.58 Å². The Kier molecular flexibility index (Phi) is 7.71. The second kappa shape index (κ2) is 14.0. The molecule has 11 aromatic carbocycles. The van der Waals surface area contributed by atoms with Gasteiger partial charge in [-0.3, -0.25) is 0 Å². The largest absolute Gasteiger partial charge is 0.454 e. The zero-order chi connectivity index (χ0) is 44.5. The molecule has 0 radical (unpaired) electrons. The van der Waals surface area contributed by atoms with E-state index in [9.17, 15) is 0 Å². The first kappa shape index (κ1) is 37.3. The van der Waals surface area contributed by atoms with Crippen LogP contribution in [0.1, 0.15) is 22.3 Å². The van der Waals surface area contributed by atoms with Crippen molar-refractivity contribution in [2.45, 2.75) is 5.41 Å². The molecule has 316 valence electrons. The number of rotatable bonds is 5. The number of anilines is 3. The summed E-state index contributed by atoms with van der Waals surface area (Å²) in [6.45, 7) is 0. The van der Waals surface area contributed by atoms with Gasteiger partial charge in [0.25, 0.3) is 0 Å². The Hall–Kier alpha value is -8.92. The van der Waals surface area contributed by atoms with Crippen molar-refractivity contribution in [3.05, 3.63) is 265 Å². The van der Waals surface area contributed by atoms with E-state index in [4.69, 9.17) is 4.42 Å². The van der Waals surface area contributed by atoms with Crippen molar-refractivity contribution in [2.75, 3.05) is 4.90 Å². The molecule has 2 aromatic heterocycles. The molecule has 0 bridgehead atoms. The van der Waals surface area contributed by atoms with Gasteiger partial charge in [-0.2, -0.15) is 0 Å². The minimum absolute atomic E-state index is 0.478. The van der Waals surface area contributed by atoms with Crippen LogP contribution in [0.25, 0.3) is 93.6 Å². The Bertz CT molecular complexity index is 4110. The molecule has 0 amide bonds. The van der Waals surface area contributed by atoms with E-state index in [0.717, 1.165) is 61.2 Å². The number of aromatic nitrogens is 1. The summed E-state index contributed by atoms with van der Waals surface area (Å²) in [5.74, 6) is 0.